The molecular weight excluding hydrogens is 669 g/mol. The summed E-state index contributed by atoms with van der Waals surface area (Å²) in [6, 6.07) is 60.6. The standard InChI is InChI=1S/C52H34N2O/c1-3-11-33(12-4-1)41-31-47(36-22-19-34(20-23-36)38-25-27-43-39(29-38)24-21-35-13-7-8-16-42(35)43)53-48(32-41)40-26-28-49-45(30-40)50-44-17-9-10-18-46(44)54-51(52(50)55-49)37-14-5-2-6-15-37/h1-32,46,54H. The van der Waals surface area contributed by atoms with Crippen molar-refractivity contribution in [2.24, 2.45) is 0 Å². The average Bonchev–Trinajstić information content (AvgIpc) is 3.66. The van der Waals surface area contributed by atoms with E-state index in [0.717, 1.165) is 66.5 Å². The van der Waals surface area contributed by atoms with Crippen LogP contribution in [0.3, 0.4) is 0 Å². The molecule has 1 aliphatic heterocycles. The molecule has 0 fully saturated rings. The van der Waals surface area contributed by atoms with Gasteiger partial charge in [-0.15, -0.1) is 0 Å². The van der Waals surface area contributed by atoms with Crippen LogP contribution in [0.5, 0.6) is 0 Å². The summed E-state index contributed by atoms with van der Waals surface area (Å²) in [6.07, 6.45) is 8.64. The lowest BCUT2D eigenvalue weighted by Crippen LogP contribution is -2.44. The summed E-state index contributed by atoms with van der Waals surface area (Å²) in [4.78, 5) is 5.34. The first-order valence-electron chi connectivity index (χ1n) is 18.8. The van der Waals surface area contributed by atoms with E-state index in [9.17, 15) is 0 Å². The predicted molar refractivity (Wildman–Crippen MR) is 228 cm³/mol. The van der Waals surface area contributed by atoms with Gasteiger partial charge in [0.1, 0.15) is 5.58 Å². The van der Waals surface area contributed by atoms with Crippen LogP contribution in [0.1, 0.15) is 5.56 Å². The minimum atomic E-state index is 0.0563. The van der Waals surface area contributed by atoms with Crippen LogP contribution in [0.4, 0.5) is 0 Å². The van der Waals surface area contributed by atoms with E-state index in [1.54, 1.807) is 0 Å². The fourth-order valence-electron chi connectivity index (χ4n) is 8.32. The Labute approximate surface area is 318 Å². The van der Waals surface area contributed by atoms with Gasteiger partial charge in [0.25, 0.3) is 0 Å². The number of nitrogens with zero attached hydrogens (tertiary/aromatic N) is 1. The van der Waals surface area contributed by atoms with Gasteiger partial charge < -0.3 is 9.73 Å². The second-order valence-corrected chi connectivity index (χ2v) is 14.4. The topological polar surface area (TPSA) is 38.1 Å². The molecule has 3 nitrogen and oxygen atoms in total. The van der Waals surface area contributed by atoms with E-state index in [0.29, 0.717) is 0 Å². The van der Waals surface area contributed by atoms with Crippen molar-refractivity contribution in [3.05, 3.63) is 210 Å². The first-order chi connectivity index (χ1) is 27.2. The van der Waals surface area contributed by atoms with Crippen molar-refractivity contribution in [3.63, 3.8) is 0 Å². The minimum absolute atomic E-state index is 0.0563. The number of rotatable bonds is 5. The Hall–Kier alpha value is -7.23. The van der Waals surface area contributed by atoms with Crippen molar-refractivity contribution in [2.45, 2.75) is 6.04 Å². The maximum atomic E-state index is 6.67. The van der Waals surface area contributed by atoms with Crippen LogP contribution in [0.25, 0.3) is 88.6 Å². The minimum Gasteiger partial charge on any atom is -0.454 e. The lowest BCUT2D eigenvalue weighted by molar-refractivity contribution is 0.562. The summed E-state index contributed by atoms with van der Waals surface area (Å²) in [5.41, 5.74) is 13.7. The number of allylic oxidation sites excluding steroid dienone is 2. The maximum absolute atomic E-state index is 6.67. The first-order valence-corrected chi connectivity index (χ1v) is 18.8. The van der Waals surface area contributed by atoms with Crippen molar-refractivity contribution in [3.8, 4) is 44.8 Å². The molecule has 1 aliphatic carbocycles. The monoisotopic (exact) mass is 702 g/mol. The van der Waals surface area contributed by atoms with E-state index in [1.807, 2.05) is 6.07 Å². The van der Waals surface area contributed by atoms with Gasteiger partial charge in [-0.25, -0.2) is 4.98 Å². The highest BCUT2D eigenvalue weighted by Gasteiger charge is 2.24. The van der Waals surface area contributed by atoms with Crippen molar-refractivity contribution in [1.29, 1.82) is 0 Å². The molecule has 0 amide bonds. The Morgan fingerprint density at radius 1 is 0.455 bits per heavy atom. The zero-order chi connectivity index (χ0) is 36.3. The number of furan rings is 1. The smallest absolute Gasteiger partial charge is 0.159 e. The van der Waals surface area contributed by atoms with Gasteiger partial charge in [0.2, 0.25) is 0 Å². The molecule has 2 aromatic heterocycles. The Morgan fingerprint density at radius 2 is 1.11 bits per heavy atom. The Kier molecular flexibility index (Phi) is 7.24. The first kappa shape index (κ1) is 31.3. The normalized spacial score (nSPS) is 14.7. The van der Waals surface area contributed by atoms with Crippen molar-refractivity contribution < 1.29 is 4.42 Å². The van der Waals surface area contributed by atoms with E-state index >= 15 is 0 Å². The van der Waals surface area contributed by atoms with Gasteiger partial charge in [0, 0.05) is 27.3 Å². The van der Waals surface area contributed by atoms with E-state index in [1.165, 1.54) is 38.2 Å². The van der Waals surface area contributed by atoms with Crippen LogP contribution >= 0.6 is 0 Å². The van der Waals surface area contributed by atoms with Crippen molar-refractivity contribution in [1.82, 2.24) is 10.3 Å². The van der Waals surface area contributed by atoms with Crippen molar-refractivity contribution in [2.75, 3.05) is 0 Å². The van der Waals surface area contributed by atoms with Crippen LogP contribution in [0.15, 0.2) is 199 Å². The van der Waals surface area contributed by atoms with Crippen LogP contribution in [0.2, 0.25) is 0 Å². The average molecular weight is 703 g/mol. The molecule has 3 heteroatoms. The van der Waals surface area contributed by atoms with Crippen LogP contribution in [0, 0.1) is 0 Å². The zero-order valence-corrected chi connectivity index (χ0v) is 29.9. The van der Waals surface area contributed by atoms with Gasteiger partial charge in [-0.3, -0.25) is 0 Å². The molecule has 0 saturated carbocycles. The SMILES string of the molecule is C1=CC2=c3c(oc4ccc(-c5cc(-c6ccccc6)cc(-c6ccc(-c7ccc8c(ccc9ccccc98)c7)cc6)n5)cc34)=C(c3ccccc3)NC2C=C1. The van der Waals surface area contributed by atoms with Crippen molar-refractivity contribution >= 4 is 43.8 Å². The molecule has 1 N–H and O–H groups in total. The molecule has 0 radical (unpaired) electrons. The van der Waals surface area contributed by atoms with Gasteiger partial charge >= 0.3 is 0 Å². The highest BCUT2D eigenvalue weighted by molar-refractivity contribution is 6.08. The summed E-state index contributed by atoms with van der Waals surface area (Å²) in [7, 11) is 0. The van der Waals surface area contributed by atoms with Gasteiger partial charge in [-0.2, -0.15) is 0 Å². The number of benzene rings is 7. The molecule has 258 valence electrons. The summed E-state index contributed by atoms with van der Waals surface area (Å²) < 4.78 is 6.67. The van der Waals surface area contributed by atoms with E-state index in [4.69, 9.17) is 9.40 Å². The second-order valence-electron chi connectivity index (χ2n) is 14.4. The number of hydrogen-bond donors (Lipinski definition) is 1. The van der Waals surface area contributed by atoms with Gasteiger partial charge in [-0.1, -0.05) is 158 Å². The molecule has 11 rings (SSSR count). The molecule has 0 bridgehead atoms. The van der Waals surface area contributed by atoms with Crippen LogP contribution in [-0.2, 0) is 0 Å². The van der Waals surface area contributed by atoms with E-state index < -0.39 is 0 Å². The summed E-state index contributed by atoms with van der Waals surface area (Å²) in [5.74, 6) is 0. The largest absolute Gasteiger partial charge is 0.454 e. The lowest BCUT2D eigenvalue weighted by Gasteiger charge is -2.24. The molecule has 0 spiro atoms. The molecule has 3 heterocycles. The second kappa shape index (κ2) is 12.7. The number of hydrogen-bond acceptors (Lipinski definition) is 3. The van der Waals surface area contributed by atoms with Crippen LogP contribution in [-0.4, -0.2) is 11.0 Å². The van der Waals surface area contributed by atoms with Crippen LogP contribution < -0.4 is 16.0 Å². The fourth-order valence-corrected chi connectivity index (χ4v) is 8.32. The third-order valence-electron chi connectivity index (χ3n) is 11.1. The molecule has 9 aromatic rings. The molecule has 1 atom stereocenters. The van der Waals surface area contributed by atoms with Gasteiger partial charge in [0.15, 0.2) is 5.42 Å². The molecule has 7 aromatic carbocycles. The third kappa shape index (κ3) is 5.40. The predicted octanol–water partition coefficient (Wildman–Crippen LogP) is 11.2. The van der Waals surface area contributed by atoms with E-state index in [2.05, 4.69) is 193 Å². The van der Waals surface area contributed by atoms with Gasteiger partial charge in [0.05, 0.1) is 23.1 Å². The Morgan fingerprint density at radius 3 is 1.95 bits per heavy atom. The van der Waals surface area contributed by atoms with Gasteiger partial charge in [-0.05, 0) is 85.8 Å². The highest BCUT2D eigenvalue weighted by atomic mass is 16.3. The number of fused-ring (bicyclic) bond motifs is 7. The Bertz CT molecular complexity index is 3150. The summed E-state index contributed by atoms with van der Waals surface area (Å²) >= 11 is 0. The number of aromatic nitrogens is 1. The fraction of sp³-hybridized carbons (Fsp3) is 0.0192. The number of nitrogens with one attached hydrogen (secondary N) is 1. The molecule has 0 saturated heterocycles. The summed E-state index contributed by atoms with van der Waals surface area (Å²) in [5, 5.41) is 11.0. The summed E-state index contributed by atoms with van der Waals surface area (Å²) in [6.45, 7) is 0. The van der Waals surface area contributed by atoms with E-state index in [-0.39, 0.29) is 6.04 Å². The third-order valence-corrected chi connectivity index (χ3v) is 11.1. The Balaban J connectivity index is 1.04. The zero-order valence-electron chi connectivity index (χ0n) is 29.9. The maximum Gasteiger partial charge on any atom is 0.159 e. The number of pyridine rings is 1. The molecule has 2 aliphatic rings. The lowest BCUT2D eigenvalue weighted by atomic mass is 9.93. The molecule has 1 unspecified atom stereocenters. The highest BCUT2D eigenvalue weighted by Crippen LogP contribution is 2.34. The molecule has 55 heavy (non-hydrogen) atoms. The molecular formula is C52H34N2O. The quantitative estimate of drug-likeness (QED) is 0.181.